The largest absolute Gasteiger partial charge is 0.468 e. The number of methoxy groups -OCH3 is 1. The molecule has 4 heteroatoms. The standard InChI is InChI=1S/C16H14N2O2/c1-19-16-17-11-15(18-16)12-7-9-14(10-8-12)20-13-5-3-2-4-6-13/h2-11H,1H3,(H,17,18). The Morgan fingerprint density at radius 2 is 1.60 bits per heavy atom. The van der Waals surface area contributed by atoms with Gasteiger partial charge in [0, 0.05) is 0 Å². The van der Waals surface area contributed by atoms with E-state index in [9.17, 15) is 0 Å². The van der Waals surface area contributed by atoms with Crippen molar-refractivity contribution in [2.75, 3.05) is 7.11 Å². The number of benzene rings is 2. The second kappa shape index (κ2) is 5.48. The summed E-state index contributed by atoms with van der Waals surface area (Å²) in [5, 5.41) is 0. The van der Waals surface area contributed by atoms with Gasteiger partial charge in [0.15, 0.2) is 0 Å². The van der Waals surface area contributed by atoms with Crippen LogP contribution < -0.4 is 9.47 Å². The molecule has 0 aliphatic rings. The van der Waals surface area contributed by atoms with Crippen LogP contribution >= 0.6 is 0 Å². The number of nitrogens with zero attached hydrogens (tertiary/aromatic N) is 1. The second-order valence-corrected chi connectivity index (χ2v) is 4.25. The normalized spacial score (nSPS) is 10.2. The zero-order valence-electron chi connectivity index (χ0n) is 11.0. The van der Waals surface area contributed by atoms with Crippen LogP contribution in [0.2, 0.25) is 0 Å². The number of H-pyrrole nitrogens is 1. The van der Waals surface area contributed by atoms with E-state index >= 15 is 0 Å². The Bertz CT molecular complexity index is 675. The summed E-state index contributed by atoms with van der Waals surface area (Å²) >= 11 is 0. The minimum absolute atomic E-state index is 0.504. The molecule has 0 saturated heterocycles. The third kappa shape index (κ3) is 2.64. The lowest BCUT2D eigenvalue weighted by molar-refractivity contribution is 0.384. The van der Waals surface area contributed by atoms with Crippen LogP contribution in [0, 0.1) is 0 Å². The monoisotopic (exact) mass is 266 g/mol. The number of ether oxygens (including phenoxy) is 2. The topological polar surface area (TPSA) is 47.1 Å². The molecule has 0 amide bonds. The molecule has 0 spiro atoms. The van der Waals surface area contributed by atoms with E-state index in [0.717, 1.165) is 22.8 Å². The molecule has 0 bridgehead atoms. The summed E-state index contributed by atoms with van der Waals surface area (Å²) in [6.07, 6.45) is 1.74. The van der Waals surface area contributed by atoms with Gasteiger partial charge in [-0.3, -0.25) is 0 Å². The van der Waals surface area contributed by atoms with Crippen molar-refractivity contribution in [3.05, 3.63) is 60.8 Å². The van der Waals surface area contributed by atoms with Gasteiger partial charge in [0.05, 0.1) is 19.0 Å². The van der Waals surface area contributed by atoms with Crippen molar-refractivity contribution in [3.8, 4) is 28.8 Å². The van der Waals surface area contributed by atoms with Crippen molar-refractivity contribution in [1.82, 2.24) is 9.97 Å². The van der Waals surface area contributed by atoms with Gasteiger partial charge < -0.3 is 14.5 Å². The van der Waals surface area contributed by atoms with Crippen molar-refractivity contribution >= 4 is 0 Å². The highest BCUT2D eigenvalue weighted by molar-refractivity contribution is 5.60. The van der Waals surface area contributed by atoms with Gasteiger partial charge in [-0.05, 0) is 42.0 Å². The number of imidazole rings is 1. The minimum atomic E-state index is 0.504. The van der Waals surface area contributed by atoms with Gasteiger partial charge in [-0.2, -0.15) is 0 Å². The highest BCUT2D eigenvalue weighted by Gasteiger charge is 2.03. The zero-order valence-corrected chi connectivity index (χ0v) is 11.0. The maximum Gasteiger partial charge on any atom is 0.293 e. The molecule has 1 heterocycles. The van der Waals surface area contributed by atoms with Gasteiger partial charge in [0.25, 0.3) is 6.01 Å². The van der Waals surface area contributed by atoms with E-state index in [1.807, 2.05) is 54.6 Å². The first-order valence-corrected chi connectivity index (χ1v) is 6.27. The molecular weight excluding hydrogens is 252 g/mol. The van der Waals surface area contributed by atoms with E-state index in [1.165, 1.54) is 0 Å². The van der Waals surface area contributed by atoms with E-state index in [2.05, 4.69) is 9.97 Å². The summed E-state index contributed by atoms with van der Waals surface area (Å²) < 4.78 is 10.8. The first-order valence-electron chi connectivity index (χ1n) is 6.27. The van der Waals surface area contributed by atoms with Crippen LogP contribution in [-0.4, -0.2) is 17.1 Å². The molecule has 1 aromatic heterocycles. The van der Waals surface area contributed by atoms with Crippen molar-refractivity contribution in [1.29, 1.82) is 0 Å². The van der Waals surface area contributed by atoms with Crippen LogP contribution in [0.4, 0.5) is 0 Å². The van der Waals surface area contributed by atoms with Gasteiger partial charge in [-0.1, -0.05) is 18.2 Å². The van der Waals surface area contributed by atoms with Gasteiger partial charge >= 0.3 is 0 Å². The van der Waals surface area contributed by atoms with Crippen molar-refractivity contribution < 1.29 is 9.47 Å². The molecule has 0 aliphatic heterocycles. The number of nitrogens with one attached hydrogen (secondary N) is 1. The summed E-state index contributed by atoms with van der Waals surface area (Å²) in [6.45, 7) is 0. The predicted molar refractivity (Wildman–Crippen MR) is 77.1 cm³/mol. The number of para-hydroxylation sites is 1. The third-order valence-electron chi connectivity index (χ3n) is 2.89. The highest BCUT2D eigenvalue weighted by Crippen LogP contribution is 2.25. The molecule has 4 nitrogen and oxygen atoms in total. The Morgan fingerprint density at radius 1 is 0.900 bits per heavy atom. The predicted octanol–water partition coefficient (Wildman–Crippen LogP) is 3.88. The molecule has 0 saturated carbocycles. The van der Waals surface area contributed by atoms with Crippen LogP contribution in [0.25, 0.3) is 11.3 Å². The first-order chi connectivity index (χ1) is 9.85. The maximum atomic E-state index is 5.75. The quantitative estimate of drug-likeness (QED) is 0.779. The molecule has 0 fully saturated rings. The number of aromatic amines is 1. The van der Waals surface area contributed by atoms with Crippen molar-refractivity contribution in [2.24, 2.45) is 0 Å². The van der Waals surface area contributed by atoms with Crippen LogP contribution in [0.5, 0.6) is 17.5 Å². The lowest BCUT2D eigenvalue weighted by Gasteiger charge is -2.05. The smallest absolute Gasteiger partial charge is 0.293 e. The van der Waals surface area contributed by atoms with E-state index in [0.29, 0.717) is 6.01 Å². The summed E-state index contributed by atoms with van der Waals surface area (Å²) in [5.74, 6) is 1.62. The lowest BCUT2D eigenvalue weighted by Crippen LogP contribution is -1.85. The molecule has 3 rings (SSSR count). The molecule has 2 aromatic carbocycles. The lowest BCUT2D eigenvalue weighted by atomic mass is 10.2. The third-order valence-corrected chi connectivity index (χ3v) is 2.89. The number of hydrogen-bond acceptors (Lipinski definition) is 3. The molecule has 3 aromatic rings. The van der Waals surface area contributed by atoms with Crippen LogP contribution in [0.1, 0.15) is 0 Å². The van der Waals surface area contributed by atoms with Crippen molar-refractivity contribution in [2.45, 2.75) is 0 Å². The van der Waals surface area contributed by atoms with E-state index in [-0.39, 0.29) is 0 Å². The van der Waals surface area contributed by atoms with Crippen molar-refractivity contribution in [3.63, 3.8) is 0 Å². The van der Waals surface area contributed by atoms with Gasteiger partial charge in [-0.15, -0.1) is 0 Å². The van der Waals surface area contributed by atoms with Crippen LogP contribution in [-0.2, 0) is 0 Å². The van der Waals surface area contributed by atoms with E-state index in [1.54, 1.807) is 13.3 Å². The molecule has 1 N–H and O–H groups in total. The number of aromatic nitrogens is 2. The molecule has 0 atom stereocenters. The van der Waals surface area contributed by atoms with Gasteiger partial charge in [-0.25, -0.2) is 4.98 Å². The average molecular weight is 266 g/mol. The van der Waals surface area contributed by atoms with Gasteiger partial charge in [0.1, 0.15) is 11.5 Å². The van der Waals surface area contributed by atoms with E-state index in [4.69, 9.17) is 9.47 Å². The highest BCUT2D eigenvalue weighted by atomic mass is 16.5. The van der Waals surface area contributed by atoms with Crippen LogP contribution in [0.3, 0.4) is 0 Å². The number of rotatable bonds is 4. The molecule has 0 radical (unpaired) electrons. The Kier molecular flexibility index (Phi) is 3.37. The zero-order chi connectivity index (χ0) is 13.8. The number of hydrogen-bond donors (Lipinski definition) is 1. The average Bonchev–Trinajstić information content (AvgIpc) is 2.98. The molecule has 20 heavy (non-hydrogen) atoms. The minimum Gasteiger partial charge on any atom is -0.468 e. The van der Waals surface area contributed by atoms with Crippen LogP contribution in [0.15, 0.2) is 60.8 Å². The maximum absolute atomic E-state index is 5.75. The summed E-state index contributed by atoms with van der Waals surface area (Å²) in [4.78, 5) is 7.17. The summed E-state index contributed by atoms with van der Waals surface area (Å²) in [7, 11) is 1.58. The first kappa shape index (κ1) is 12.3. The molecule has 100 valence electrons. The SMILES string of the molecule is COc1ncc(-c2ccc(Oc3ccccc3)cc2)[nH]1. The molecule has 0 unspecified atom stereocenters. The van der Waals surface area contributed by atoms with E-state index < -0.39 is 0 Å². The Labute approximate surface area is 117 Å². The van der Waals surface area contributed by atoms with Gasteiger partial charge in [0.2, 0.25) is 0 Å². The Balaban J connectivity index is 1.77. The summed E-state index contributed by atoms with van der Waals surface area (Å²) in [6, 6.07) is 18.0. The fraction of sp³-hybridized carbons (Fsp3) is 0.0625. The fourth-order valence-corrected chi connectivity index (χ4v) is 1.88. The molecule has 0 aliphatic carbocycles. The Morgan fingerprint density at radius 3 is 2.25 bits per heavy atom. The fourth-order valence-electron chi connectivity index (χ4n) is 1.88. The Hall–Kier alpha value is -2.75. The second-order valence-electron chi connectivity index (χ2n) is 4.25. The summed E-state index contributed by atoms with van der Waals surface area (Å²) in [5.41, 5.74) is 1.94. The molecular formula is C16H14N2O2.